The van der Waals surface area contributed by atoms with Gasteiger partial charge in [0.05, 0.1) is 13.0 Å². The quantitative estimate of drug-likeness (QED) is 0.567. The topological polar surface area (TPSA) is 47.6 Å². The number of nitrogens with one attached hydrogen (secondary N) is 1. The van der Waals surface area contributed by atoms with Gasteiger partial charge in [-0.15, -0.1) is 0 Å². The lowest BCUT2D eigenvalue weighted by atomic mass is 10.1. The number of hydrogen-bond donors (Lipinski definition) is 1. The molecule has 2 aromatic carbocycles. The van der Waals surface area contributed by atoms with E-state index in [4.69, 9.17) is 9.47 Å². The Balaban J connectivity index is 1.67. The maximum Gasteiger partial charge on any atom is 0.310 e. The number of methoxy groups -OCH3 is 1. The normalized spacial score (nSPS) is 11.8. The molecular formula is C20H25NO3. The largest absolute Gasteiger partial charge is 0.496 e. The number of benzene rings is 2. The van der Waals surface area contributed by atoms with E-state index in [-0.39, 0.29) is 11.9 Å². The third-order valence-corrected chi connectivity index (χ3v) is 3.84. The van der Waals surface area contributed by atoms with E-state index < -0.39 is 0 Å². The third kappa shape index (κ3) is 5.70. The maximum absolute atomic E-state index is 12.0. The van der Waals surface area contributed by atoms with Gasteiger partial charge in [-0.2, -0.15) is 0 Å². The molecule has 0 heterocycles. The van der Waals surface area contributed by atoms with Crippen molar-refractivity contribution >= 4 is 5.97 Å². The molecule has 2 rings (SSSR count). The van der Waals surface area contributed by atoms with Crippen LogP contribution in [0.25, 0.3) is 0 Å². The molecule has 0 bridgehead atoms. The molecule has 1 N–H and O–H groups in total. The molecule has 24 heavy (non-hydrogen) atoms. The summed E-state index contributed by atoms with van der Waals surface area (Å²) in [5.41, 5.74) is 2.16. The molecule has 4 heteroatoms. The summed E-state index contributed by atoms with van der Waals surface area (Å²) < 4.78 is 10.7. The van der Waals surface area contributed by atoms with Crippen molar-refractivity contribution in [3.8, 4) is 5.75 Å². The SMILES string of the molecule is COc1ccccc1CCNCC(C)C(=O)OCc1ccccc1. The predicted octanol–water partition coefficient (Wildman–Crippen LogP) is 3.21. The van der Waals surface area contributed by atoms with Gasteiger partial charge in [-0.25, -0.2) is 0 Å². The Morgan fingerprint density at radius 1 is 1.08 bits per heavy atom. The van der Waals surface area contributed by atoms with E-state index in [1.807, 2.05) is 55.5 Å². The van der Waals surface area contributed by atoms with E-state index in [1.165, 1.54) is 0 Å². The van der Waals surface area contributed by atoms with Crippen molar-refractivity contribution in [3.05, 3.63) is 65.7 Å². The van der Waals surface area contributed by atoms with Crippen LogP contribution in [0.15, 0.2) is 54.6 Å². The van der Waals surface area contributed by atoms with Crippen molar-refractivity contribution in [3.63, 3.8) is 0 Å². The predicted molar refractivity (Wildman–Crippen MR) is 95.0 cm³/mol. The summed E-state index contributed by atoms with van der Waals surface area (Å²) >= 11 is 0. The minimum absolute atomic E-state index is 0.175. The van der Waals surface area contributed by atoms with Crippen molar-refractivity contribution in [2.45, 2.75) is 20.0 Å². The molecule has 1 unspecified atom stereocenters. The molecule has 0 fully saturated rings. The molecule has 0 aliphatic carbocycles. The minimum atomic E-state index is -0.177. The number of ether oxygens (including phenoxy) is 2. The highest BCUT2D eigenvalue weighted by atomic mass is 16.5. The Kier molecular flexibility index (Phi) is 7.30. The van der Waals surface area contributed by atoms with Crippen LogP contribution in [-0.2, 0) is 22.6 Å². The van der Waals surface area contributed by atoms with E-state index in [9.17, 15) is 4.79 Å². The summed E-state index contributed by atoms with van der Waals surface area (Å²) in [6.07, 6.45) is 0.857. The Morgan fingerprint density at radius 3 is 2.54 bits per heavy atom. The van der Waals surface area contributed by atoms with Gasteiger partial charge in [-0.3, -0.25) is 4.79 Å². The van der Waals surface area contributed by atoms with Crippen molar-refractivity contribution in [2.75, 3.05) is 20.2 Å². The monoisotopic (exact) mass is 327 g/mol. The van der Waals surface area contributed by atoms with Gasteiger partial charge in [0.25, 0.3) is 0 Å². The number of carbonyl (C=O) groups is 1. The fraction of sp³-hybridized carbons (Fsp3) is 0.350. The standard InChI is InChI=1S/C20H25NO3/c1-16(20(22)24-15-17-8-4-3-5-9-17)14-21-13-12-18-10-6-7-11-19(18)23-2/h3-11,16,21H,12-15H2,1-2H3. The number of carbonyl (C=O) groups excluding carboxylic acids is 1. The summed E-state index contributed by atoms with van der Waals surface area (Å²) in [5, 5.41) is 3.31. The molecule has 0 amide bonds. The summed E-state index contributed by atoms with van der Waals surface area (Å²) in [6, 6.07) is 17.7. The Labute approximate surface area is 143 Å². The Morgan fingerprint density at radius 2 is 1.79 bits per heavy atom. The second kappa shape index (κ2) is 9.73. The Hall–Kier alpha value is -2.33. The fourth-order valence-corrected chi connectivity index (χ4v) is 2.41. The summed E-state index contributed by atoms with van der Waals surface area (Å²) in [6.45, 7) is 3.59. The van der Waals surface area contributed by atoms with Gasteiger partial charge in [-0.1, -0.05) is 55.5 Å². The minimum Gasteiger partial charge on any atom is -0.496 e. The zero-order chi connectivity index (χ0) is 17.2. The second-order valence-electron chi connectivity index (χ2n) is 5.76. The lowest BCUT2D eigenvalue weighted by molar-refractivity contribution is -0.149. The second-order valence-corrected chi connectivity index (χ2v) is 5.76. The summed E-state index contributed by atoms with van der Waals surface area (Å²) in [4.78, 5) is 12.0. The zero-order valence-electron chi connectivity index (χ0n) is 14.3. The van der Waals surface area contributed by atoms with Crippen LogP contribution in [0, 0.1) is 5.92 Å². The summed E-state index contributed by atoms with van der Waals surface area (Å²) in [7, 11) is 1.68. The van der Waals surface area contributed by atoms with E-state index in [2.05, 4.69) is 11.4 Å². The number of hydrogen-bond acceptors (Lipinski definition) is 4. The lowest BCUT2D eigenvalue weighted by Crippen LogP contribution is -2.29. The maximum atomic E-state index is 12.0. The first kappa shape index (κ1) is 18.0. The number of rotatable bonds is 9. The molecule has 0 spiro atoms. The molecule has 2 aromatic rings. The molecule has 0 aliphatic heterocycles. The Bertz CT molecular complexity index is 628. The average molecular weight is 327 g/mol. The highest BCUT2D eigenvalue weighted by molar-refractivity contribution is 5.72. The van der Waals surface area contributed by atoms with Crippen molar-refractivity contribution in [2.24, 2.45) is 5.92 Å². The van der Waals surface area contributed by atoms with Gasteiger partial charge in [-0.05, 0) is 30.2 Å². The number of para-hydroxylation sites is 1. The fourth-order valence-electron chi connectivity index (χ4n) is 2.41. The molecule has 128 valence electrons. The van der Waals surface area contributed by atoms with Crippen LogP contribution in [0.1, 0.15) is 18.1 Å². The first-order valence-corrected chi connectivity index (χ1v) is 8.24. The van der Waals surface area contributed by atoms with Crippen LogP contribution in [0.2, 0.25) is 0 Å². The molecule has 1 atom stereocenters. The highest BCUT2D eigenvalue weighted by Gasteiger charge is 2.14. The van der Waals surface area contributed by atoms with Gasteiger partial charge in [0, 0.05) is 6.54 Å². The highest BCUT2D eigenvalue weighted by Crippen LogP contribution is 2.17. The van der Waals surface area contributed by atoms with E-state index in [0.29, 0.717) is 13.2 Å². The van der Waals surface area contributed by atoms with Crippen LogP contribution in [-0.4, -0.2) is 26.2 Å². The lowest BCUT2D eigenvalue weighted by Gasteiger charge is -2.13. The van der Waals surface area contributed by atoms with Gasteiger partial charge >= 0.3 is 5.97 Å². The third-order valence-electron chi connectivity index (χ3n) is 3.84. The smallest absolute Gasteiger partial charge is 0.310 e. The van der Waals surface area contributed by atoms with Gasteiger partial charge in [0.2, 0.25) is 0 Å². The van der Waals surface area contributed by atoms with E-state index >= 15 is 0 Å². The average Bonchev–Trinajstić information content (AvgIpc) is 2.64. The molecule has 0 aliphatic rings. The molecule has 0 saturated heterocycles. The van der Waals surface area contributed by atoms with Crippen LogP contribution in [0.3, 0.4) is 0 Å². The molecular weight excluding hydrogens is 302 g/mol. The zero-order valence-corrected chi connectivity index (χ0v) is 14.3. The van der Waals surface area contributed by atoms with Gasteiger partial charge in [0.1, 0.15) is 12.4 Å². The van der Waals surface area contributed by atoms with Crippen molar-refractivity contribution in [1.29, 1.82) is 0 Å². The first-order valence-electron chi connectivity index (χ1n) is 8.24. The molecule has 4 nitrogen and oxygen atoms in total. The van der Waals surface area contributed by atoms with E-state index in [0.717, 1.165) is 29.8 Å². The molecule has 0 aromatic heterocycles. The van der Waals surface area contributed by atoms with Crippen LogP contribution >= 0.6 is 0 Å². The van der Waals surface area contributed by atoms with Gasteiger partial charge in [0.15, 0.2) is 0 Å². The molecule has 0 saturated carbocycles. The number of esters is 1. The first-order chi connectivity index (χ1) is 11.7. The van der Waals surface area contributed by atoms with Crippen LogP contribution in [0.5, 0.6) is 5.75 Å². The summed E-state index contributed by atoms with van der Waals surface area (Å²) in [5.74, 6) is 0.546. The van der Waals surface area contributed by atoms with Crippen LogP contribution < -0.4 is 10.1 Å². The van der Waals surface area contributed by atoms with Gasteiger partial charge < -0.3 is 14.8 Å². The van der Waals surface area contributed by atoms with Crippen molar-refractivity contribution in [1.82, 2.24) is 5.32 Å². The van der Waals surface area contributed by atoms with Crippen molar-refractivity contribution < 1.29 is 14.3 Å². The van der Waals surface area contributed by atoms with E-state index in [1.54, 1.807) is 7.11 Å². The van der Waals surface area contributed by atoms with Crippen LogP contribution in [0.4, 0.5) is 0 Å². The molecule has 0 radical (unpaired) electrons.